The summed E-state index contributed by atoms with van der Waals surface area (Å²) in [5, 5.41) is 3.41. The molecule has 1 aliphatic rings. The van der Waals surface area contributed by atoms with E-state index in [2.05, 4.69) is 24.1 Å². The van der Waals surface area contributed by atoms with Crippen molar-refractivity contribution in [2.24, 2.45) is 0 Å². The second kappa shape index (κ2) is 6.26. The van der Waals surface area contributed by atoms with E-state index in [9.17, 15) is 4.79 Å². The van der Waals surface area contributed by atoms with Crippen LogP contribution in [-0.4, -0.2) is 48.1 Å². The maximum atomic E-state index is 12.0. The molecular formula is C14H20ClN3O. The first-order chi connectivity index (χ1) is 9.15. The van der Waals surface area contributed by atoms with E-state index in [4.69, 9.17) is 11.6 Å². The maximum Gasteiger partial charge on any atom is 0.321 e. The number of urea groups is 1. The number of carbonyl (C=O) groups excluding carboxylic acids is 1. The van der Waals surface area contributed by atoms with E-state index in [0.717, 1.165) is 26.2 Å². The molecule has 2 rings (SSSR count). The molecule has 2 amide bonds. The second-order valence-electron chi connectivity index (χ2n) is 4.69. The van der Waals surface area contributed by atoms with Gasteiger partial charge in [-0.05, 0) is 25.2 Å². The van der Waals surface area contributed by atoms with E-state index in [0.29, 0.717) is 16.8 Å². The van der Waals surface area contributed by atoms with Crippen LogP contribution in [0.4, 0.5) is 10.5 Å². The van der Waals surface area contributed by atoms with Crippen molar-refractivity contribution in [3.05, 3.63) is 29.3 Å². The van der Waals surface area contributed by atoms with E-state index >= 15 is 0 Å². The van der Waals surface area contributed by atoms with Crippen molar-refractivity contribution in [2.75, 3.05) is 31.5 Å². The summed E-state index contributed by atoms with van der Waals surface area (Å²) in [6, 6.07) is 7.70. The molecule has 5 heteroatoms. The number of para-hydroxylation sites is 1. The second-order valence-corrected chi connectivity index (χ2v) is 5.10. The number of likely N-dealkylation sites (N-methyl/N-ethyl adjacent to an activating group) is 1. The number of rotatable bonds is 4. The fraction of sp³-hybridized carbons (Fsp3) is 0.500. The van der Waals surface area contributed by atoms with Crippen molar-refractivity contribution in [3.8, 4) is 0 Å². The van der Waals surface area contributed by atoms with E-state index < -0.39 is 0 Å². The predicted molar refractivity (Wildman–Crippen MR) is 78.8 cm³/mol. The Bertz CT molecular complexity index is 442. The van der Waals surface area contributed by atoms with Gasteiger partial charge in [-0.3, -0.25) is 4.90 Å². The van der Waals surface area contributed by atoms with Crippen LogP contribution in [0.25, 0.3) is 0 Å². The highest BCUT2D eigenvalue weighted by molar-refractivity contribution is 6.33. The van der Waals surface area contributed by atoms with Gasteiger partial charge in [-0.2, -0.15) is 0 Å². The number of amides is 2. The Balaban J connectivity index is 1.85. The minimum atomic E-state index is -0.0727. The number of nitrogens with one attached hydrogen (secondary N) is 1. The molecule has 1 fully saturated rings. The molecule has 0 atom stereocenters. The van der Waals surface area contributed by atoms with Gasteiger partial charge in [-0.1, -0.05) is 37.6 Å². The average molecular weight is 282 g/mol. The van der Waals surface area contributed by atoms with Crippen LogP contribution in [0.2, 0.25) is 5.02 Å². The van der Waals surface area contributed by atoms with Gasteiger partial charge in [-0.15, -0.1) is 0 Å². The molecule has 0 saturated carbocycles. The van der Waals surface area contributed by atoms with Crippen molar-refractivity contribution in [1.29, 1.82) is 0 Å². The summed E-state index contributed by atoms with van der Waals surface area (Å²) in [5.74, 6) is 0. The highest BCUT2D eigenvalue weighted by Crippen LogP contribution is 2.22. The van der Waals surface area contributed by atoms with Crippen LogP contribution in [0.1, 0.15) is 13.8 Å². The lowest BCUT2D eigenvalue weighted by Crippen LogP contribution is -2.61. The van der Waals surface area contributed by atoms with Crippen LogP contribution in [0.5, 0.6) is 0 Å². The first-order valence-electron chi connectivity index (χ1n) is 6.70. The summed E-state index contributed by atoms with van der Waals surface area (Å²) in [7, 11) is 0. The van der Waals surface area contributed by atoms with E-state index in [-0.39, 0.29) is 6.03 Å². The molecule has 0 aliphatic carbocycles. The van der Waals surface area contributed by atoms with Gasteiger partial charge in [0.05, 0.1) is 10.7 Å². The van der Waals surface area contributed by atoms with Crippen molar-refractivity contribution >= 4 is 23.3 Å². The molecule has 19 heavy (non-hydrogen) atoms. The van der Waals surface area contributed by atoms with Crippen molar-refractivity contribution in [1.82, 2.24) is 9.80 Å². The molecule has 1 aromatic rings. The fourth-order valence-electron chi connectivity index (χ4n) is 2.35. The molecule has 0 bridgehead atoms. The summed E-state index contributed by atoms with van der Waals surface area (Å²) >= 11 is 6.02. The number of benzene rings is 1. The van der Waals surface area contributed by atoms with Crippen molar-refractivity contribution in [3.63, 3.8) is 0 Å². The van der Waals surface area contributed by atoms with Gasteiger partial charge in [0, 0.05) is 19.1 Å². The molecule has 104 valence electrons. The quantitative estimate of drug-likeness (QED) is 0.921. The Morgan fingerprint density at radius 3 is 2.58 bits per heavy atom. The number of nitrogens with zero attached hydrogens (tertiary/aromatic N) is 2. The fourth-order valence-corrected chi connectivity index (χ4v) is 2.53. The average Bonchev–Trinajstić information content (AvgIpc) is 2.35. The molecule has 1 saturated heterocycles. The standard InChI is InChI=1S/C14H20ClN3O/c1-3-17(4-2)11-9-18(10-11)14(19)16-13-8-6-5-7-12(13)15/h5-8,11H,3-4,9-10H2,1-2H3,(H,16,19). The molecule has 4 nitrogen and oxygen atoms in total. The third kappa shape index (κ3) is 3.19. The minimum Gasteiger partial charge on any atom is -0.321 e. The molecule has 0 radical (unpaired) electrons. The molecule has 0 aromatic heterocycles. The maximum absolute atomic E-state index is 12.0. The van der Waals surface area contributed by atoms with Crippen molar-refractivity contribution in [2.45, 2.75) is 19.9 Å². The summed E-state index contributed by atoms with van der Waals surface area (Å²) in [6.07, 6.45) is 0. The Morgan fingerprint density at radius 1 is 1.37 bits per heavy atom. The minimum absolute atomic E-state index is 0.0727. The van der Waals surface area contributed by atoms with Crippen LogP contribution < -0.4 is 5.32 Å². The predicted octanol–water partition coefficient (Wildman–Crippen LogP) is 2.90. The smallest absolute Gasteiger partial charge is 0.321 e. The lowest BCUT2D eigenvalue weighted by molar-refractivity contribution is 0.0685. The van der Waals surface area contributed by atoms with Crippen LogP contribution in [0.15, 0.2) is 24.3 Å². The Hall–Kier alpha value is -1.26. The zero-order valence-electron chi connectivity index (χ0n) is 11.4. The van der Waals surface area contributed by atoms with Crippen molar-refractivity contribution < 1.29 is 4.79 Å². The van der Waals surface area contributed by atoms with Crippen LogP contribution in [0, 0.1) is 0 Å². The number of hydrogen-bond donors (Lipinski definition) is 1. The lowest BCUT2D eigenvalue weighted by Gasteiger charge is -2.44. The number of anilines is 1. The summed E-state index contributed by atoms with van der Waals surface area (Å²) in [6.45, 7) is 7.93. The van der Waals surface area contributed by atoms with Crippen LogP contribution >= 0.6 is 11.6 Å². The van der Waals surface area contributed by atoms with Gasteiger partial charge in [0.1, 0.15) is 0 Å². The molecule has 1 N–H and O–H groups in total. The van der Waals surface area contributed by atoms with Crippen LogP contribution in [0.3, 0.4) is 0 Å². The molecule has 1 aliphatic heterocycles. The van der Waals surface area contributed by atoms with Gasteiger partial charge in [0.15, 0.2) is 0 Å². The van der Waals surface area contributed by atoms with Gasteiger partial charge in [0.2, 0.25) is 0 Å². The Kier molecular flexibility index (Phi) is 4.66. The summed E-state index contributed by atoms with van der Waals surface area (Å²) < 4.78 is 0. The SMILES string of the molecule is CCN(CC)C1CN(C(=O)Nc2ccccc2Cl)C1. The molecule has 0 spiro atoms. The third-order valence-corrected chi connectivity index (χ3v) is 3.92. The first kappa shape index (κ1) is 14.2. The van der Waals surface area contributed by atoms with Gasteiger partial charge < -0.3 is 10.2 Å². The Labute approximate surface area is 119 Å². The third-order valence-electron chi connectivity index (χ3n) is 3.59. The number of carbonyl (C=O) groups is 1. The molecule has 1 heterocycles. The molecule has 0 unspecified atom stereocenters. The zero-order valence-corrected chi connectivity index (χ0v) is 12.2. The lowest BCUT2D eigenvalue weighted by atomic mass is 10.1. The summed E-state index contributed by atoms with van der Waals surface area (Å²) in [4.78, 5) is 16.2. The van der Waals surface area contributed by atoms with E-state index in [1.54, 1.807) is 6.07 Å². The zero-order chi connectivity index (χ0) is 13.8. The monoisotopic (exact) mass is 281 g/mol. The normalized spacial score (nSPS) is 15.5. The van der Waals surface area contributed by atoms with E-state index in [1.165, 1.54) is 0 Å². The molecule has 1 aromatic carbocycles. The highest BCUT2D eigenvalue weighted by Gasteiger charge is 2.33. The van der Waals surface area contributed by atoms with Crippen LogP contribution in [-0.2, 0) is 0 Å². The Morgan fingerprint density at radius 2 is 2.00 bits per heavy atom. The molecular weight excluding hydrogens is 262 g/mol. The van der Waals surface area contributed by atoms with Gasteiger partial charge >= 0.3 is 6.03 Å². The first-order valence-corrected chi connectivity index (χ1v) is 7.08. The largest absolute Gasteiger partial charge is 0.321 e. The number of hydrogen-bond acceptors (Lipinski definition) is 2. The number of likely N-dealkylation sites (tertiary alicyclic amines) is 1. The van der Waals surface area contributed by atoms with Gasteiger partial charge in [0.25, 0.3) is 0 Å². The van der Waals surface area contributed by atoms with Gasteiger partial charge in [-0.25, -0.2) is 4.79 Å². The summed E-state index contributed by atoms with van der Waals surface area (Å²) in [5.41, 5.74) is 0.667. The topological polar surface area (TPSA) is 35.6 Å². The van der Waals surface area contributed by atoms with E-state index in [1.807, 2.05) is 23.1 Å². The highest BCUT2D eigenvalue weighted by atomic mass is 35.5. The number of halogens is 1.